The lowest BCUT2D eigenvalue weighted by Crippen LogP contribution is -2.44. The monoisotopic (exact) mass is 516 g/mol. The first-order valence-corrected chi connectivity index (χ1v) is 14.9. The van der Waals surface area contributed by atoms with Gasteiger partial charge in [-0.05, 0) is 95.1 Å². The number of hydrogen-bond donors (Lipinski definition) is 2. The average Bonchev–Trinajstić information content (AvgIpc) is 3.50. The smallest absolute Gasteiger partial charge is 0.326 e. The second-order valence-electron chi connectivity index (χ2n) is 12.0. The van der Waals surface area contributed by atoms with E-state index in [1.54, 1.807) is 5.01 Å². The maximum absolute atomic E-state index is 13.2. The van der Waals surface area contributed by atoms with E-state index < -0.39 is 0 Å². The molecule has 7 nitrogen and oxygen atoms in total. The third-order valence-electron chi connectivity index (χ3n) is 9.48. The quantitative estimate of drug-likeness (QED) is 0.308. The second-order valence-corrected chi connectivity index (χ2v) is 12.0. The molecule has 2 atom stereocenters. The number of piperidine rings is 1. The predicted octanol–water partition coefficient (Wildman–Crippen LogP) is 5.76. The molecule has 3 aromatic rings. The molecule has 6 rings (SSSR count). The zero-order valence-corrected chi connectivity index (χ0v) is 22.9. The summed E-state index contributed by atoms with van der Waals surface area (Å²) >= 11 is 0. The van der Waals surface area contributed by atoms with Crippen LogP contribution in [0.2, 0.25) is 0 Å². The zero-order valence-electron chi connectivity index (χ0n) is 22.9. The fourth-order valence-corrected chi connectivity index (χ4v) is 7.30. The number of nitrogens with zero attached hydrogens (tertiary/aromatic N) is 4. The number of nitrogens with one attached hydrogen (secondary N) is 1. The van der Waals surface area contributed by atoms with Gasteiger partial charge in [-0.3, -0.25) is 9.58 Å². The number of aromatic nitrogens is 2. The van der Waals surface area contributed by atoms with E-state index in [9.17, 15) is 4.79 Å². The Hall–Kier alpha value is -2.77. The summed E-state index contributed by atoms with van der Waals surface area (Å²) in [5, 5.41) is 1.80. The Labute approximate surface area is 226 Å². The largest absolute Gasteiger partial charge is 0.367 e. The Kier molecular flexibility index (Phi) is 7.48. The number of nitrogens with two attached hydrogens (primary N) is 1. The minimum absolute atomic E-state index is 0.000249. The van der Waals surface area contributed by atoms with Crippen molar-refractivity contribution < 1.29 is 0 Å². The SMILES string of the molecule is CN1CCCC1CC1CCCCN1c1cc2c(cc1N(N)c1ccccc1)[nH]c(=O)n2CC1CCCCC1. The average molecular weight is 517 g/mol. The van der Waals surface area contributed by atoms with Crippen LogP contribution in [-0.2, 0) is 6.54 Å². The van der Waals surface area contributed by atoms with Crippen LogP contribution in [0.25, 0.3) is 11.0 Å². The van der Waals surface area contributed by atoms with Crippen LogP contribution in [0.1, 0.15) is 70.6 Å². The number of hydrogen-bond acceptors (Lipinski definition) is 5. The highest BCUT2D eigenvalue weighted by Gasteiger charge is 2.32. The molecule has 0 amide bonds. The van der Waals surface area contributed by atoms with Crippen LogP contribution in [0.3, 0.4) is 0 Å². The van der Waals surface area contributed by atoms with Crippen molar-refractivity contribution in [1.29, 1.82) is 0 Å². The first-order chi connectivity index (χ1) is 18.6. The number of imidazole rings is 1. The van der Waals surface area contributed by atoms with Crippen LogP contribution >= 0.6 is 0 Å². The van der Waals surface area contributed by atoms with Gasteiger partial charge in [-0.25, -0.2) is 10.6 Å². The Balaban J connectivity index is 1.43. The number of likely N-dealkylation sites (tertiary alicyclic amines) is 1. The zero-order chi connectivity index (χ0) is 26.1. The van der Waals surface area contributed by atoms with E-state index in [2.05, 4.69) is 34.0 Å². The molecule has 2 saturated heterocycles. The molecule has 204 valence electrons. The molecule has 2 aromatic carbocycles. The fourth-order valence-electron chi connectivity index (χ4n) is 7.30. The van der Waals surface area contributed by atoms with Crippen LogP contribution < -0.4 is 21.4 Å². The number of rotatable bonds is 7. The van der Waals surface area contributed by atoms with Gasteiger partial charge in [0.25, 0.3) is 0 Å². The minimum Gasteiger partial charge on any atom is -0.367 e. The van der Waals surface area contributed by atoms with Crippen molar-refractivity contribution >= 4 is 28.1 Å². The van der Waals surface area contributed by atoms with Crippen molar-refractivity contribution in [2.75, 3.05) is 30.0 Å². The third kappa shape index (κ3) is 5.10. The van der Waals surface area contributed by atoms with E-state index in [1.165, 1.54) is 77.2 Å². The number of hydrazine groups is 1. The number of H-pyrrole nitrogens is 1. The topological polar surface area (TPSA) is 73.5 Å². The molecule has 1 aromatic heterocycles. The van der Waals surface area contributed by atoms with Gasteiger partial charge >= 0.3 is 5.69 Å². The number of para-hydroxylation sites is 1. The molecule has 2 unspecified atom stereocenters. The highest BCUT2D eigenvalue weighted by molar-refractivity contribution is 5.90. The van der Waals surface area contributed by atoms with Gasteiger partial charge in [0.05, 0.1) is 28.1 Å². The summed E-state index contributed by atoms with van der Waals surface area (Å²) < 4.78 is 2.01. The molecule has 3 fully saturated rings. The molecule has 1 saturated carbocycles. The predicted molar refractivity (Wildman–Crippen MR) is 157 cm³/mol. The van der Waals surface area contributed by atoms with Crippen LogP contribution in [0, 0.1) is 5.92 Å². The summed E-state index contributed by atoms with van der Waals surface area (Å²) in [6.07, 6.45) is 13.8. The third-order valence-corrected chi connectivity index (χ3v) is 9.48. The van der Waals surface area contributed by atoms with Crippen LogP contribution in [0.15, 0.2) is 47.3 Å². The minimum atomic E-state index is -0.000249. The van der Waals surface area contributed by atoms with E-state index in [0.29, 0.717) is 18.0 Å². The molecule has 7 heteroatoms. The lowest BCUT2D eigenvalue weighted by molar-refractivity contribution is 0.266. The summed E-state index contributed by atoms with van der Waals surface area (Å²) in [5.41, 5.74) is 4.95. The summed E-state index contributed by atoms with van der Waals surface area (Å²) in [7, 11) is 2.28. The highest BCUT2D eigenvalue weighted by Crippen LogP contribution is 2.40. The molecule has 0 bridgehead atoms. The molecule has 3 N–H and O–H groups in total. The number of anilines is 3. The summed E-state index contributed by atoms with van der Waals surface area (Å²) in [5.74, 6) is 7.42. The number of fused-ring (bicyclic) bond motifs is 1. The first kappa shape index (κ1) is 25.5. The molecule has 0 spiro atoms. The van der Waals surface area contributed by atoms with Gasteiger partial charge in [0, 0.05) is 25.2 Å². The van der Waals surface area contributed by atoms with E-state index >= 15 is 0 Å². The van der Waals surface area contributed by atoms with Gasteiger partial charge < -0.3 is 14.8 Å². The van der Waals surface area contributed by atoms with Crippen molar-refractivity contribution in [1.82, 2.24) is 14.5 Å². The standard InChI is InChI=1S/C31H44N6O/c1-34-17-10-16-25(34)19-26-15-8-9-18-35(26)29-21-28-27(20-30(29)37(32)24-13-6-3-7-14-24)33-31(38)36(28)22-23-11-4-2-5-12-23/h3,6-7,13-14,20-21,23,25-26H,2,4-5,8-12,15-19,22,32H2,1H3,(H,33,38). The second kappa shape index (κ2) is 11.1. The van der Waals surface area contributed by atoms with E-state index in [4.69, 9.17) is 5.84 Å². The van der Waals surface area contributed by atoms with Crippen molar-refractivity contribution in [2.24, 2.45) is 11.8 Å². The maximum Gasteiger partial charge on any atom is 0.326 e. The Bertz CT molecular complexity index is 1280. The highest BCUT2D eigenvalue weighted by atomic mass is 16.1. The van der Waals surface area contributed by atoms with E-state index in [1.807, 2.05) is 34.9 Å². The van der Waals surface area contributed by atoms with Crippen molar-refractivity contribution in [3.8, 4) is 0 Å². The summed E-state index contributed by atoms with van der Waals surface area (Å²) in [6, 6.07) is 15.7. The van der Waals surface area contributed by atoms with Gasteiger partial charge in [0.15, 0.2) is 0 Å². The van der Waals surface area contributed by atoms with Crippen molar-refractivity contribution in [2.45, 2.75) is 89.3 Å². The number of aromatic amines is 1. The lowest BCUT2D eigenvalue weighted by Gasteiger charge is -2.41. The molecular weight excluding hydrogens is 472 g/mol. The van der Waals surface area contributed by atoms with Crippen LogP contribution in [0.4, 0.5) is 17.1 Å². The molecule has 38 heavy (non-hydrogen) atoms. The van der Waals surface area contributed by atoms with Crippen LogP contribution in [0.5, 0.6) is 0 Å². The van der Waals surface area contributed by atoms with Gasteiger partial charge in [-0.1, -0.05) is 37.5 Å². The van der Waals surface area contributed by atoms with Gasteiger partial charge in [-0.2, -0.15) is 0 Å². The van der Waals surface area contributed by atoms with Crippen LogP contribution in [-0.4, -0.2) is 46.7 Å². The molecule has 2 aliphatic heterocycles. The molecule has 3 aliphatic rings. The van der Waals surface area contributed by atoms with Gasteiger partial charge in [0.1, 0.15) is 0 Å². The summed E-state index contributed by atoms with van der Waals surface area (Å²) in [4.78, 5) is 21.6. The fraction of sp³-hybridized carbons (Fsp3) is 0.581. The van der Waals surface area contributed by atoms with Crippen molar-refractivity contribution in [3.63, 3.8) is 0 Å². The Morgan fingerprint density at radius 3 is 2.45 bits per heavy atom. The molecular formula is C31H44N6O. The molecule has 3 heterocycles. The van der Waals surface area contributed by atoms with Crippen molar-refractivity contribution in [3.05, 3.63) is 52.9 Å². The lowest BCUT2D eigenvalue weighted by atomic mass is 9.89. The molecule has 0 radical (unpaired) electrons. The normalized spacial score (nSPS) is 23.4. The summed E-state index contributed by atoms with van der Waals surface area (Å²) in [6.45, 7) is 3.04. The first-order valence-electron chi connectivity index (χ1n) is 14.9. The number of benzene rings is 2. The Morgan fingerprint density at radius 1 is 0.921 bits per heavy atom. The maximum atomic E-state index is 13.2. The van der Waals surface area contributed by atoms with Gasteiger partial charge in [0.2, 0.25) is 0 Å². The van der Waals surface area contributed by atoms with E-state index in [0.717, 1.165) is 41.2 Å². The van der Waals surface area contributed by atoms with Gasteiger partial charge in [-0.15, -0.1) is 0 Å². The Morgan fingerprint density at radius 2 is 1.68 bits per heavy atom. The molecule has 1 aliphatic carbocycles. The van der Waals surface area contributed by atoms with E-state index in [-0.39, 0.29) is 5.69 Å².